The van der Waals surface area contributed by atoms with Crippen LogP contribution >= 0.6 is 0 Å². The Morgan fingerprint density at radius 3 is 2.39 bits per heavy atom. The molecule has 3 N–H and O–H groups in total. The average molecular weight is 400 g/mol. The summed E-state index contributed by atoms with van der Waals surface area (Å²) in [7, 11) is 0. The number of amides is 3. The number of hydrogen-bond acceptors (Lipinski definition) is 3. The molecule has 9 heteroatoms. The van der Waals surface area contributed by atoms with Crippen LogP contribution in [0.1, 0.15) is 31.4 Å². The van der Waals surface area contributed by atoms with Crippen molar-refractivity contribution < 1.29 is 22.8 Å². The Bertz CT molecular complexity index is 688. The first kappa shape index (κ1) is 22.0. The summed E-state index contributed by atoms with van der Waals surface area (Å²) < 4.78 is 38.6. The van der Waals surface area contributed by atoms with Crippen LogP contribution in [0.2, 0.25) is 0 Å². The van der Waals surface area contributed by atoms with Gasteiger partial charge in [0.1, 0.15) is 6.04 Å². The molecule has 2 atom stereocenters. The van der Waals surface area contributed by atoms with Crippen molar-refractivity contribution >= 4 is 11.9 Å². The van der Waals surface area contributed by atoms with Gasteiger partial charge in [0.15, 0.2) is 0 Å². The molecular formula is C19H27F3N4O2. The maximum Gasteiger partial charge on any atom is 0.416 e. The quantitative estimate of drug-likeness (QED) is 0.770. The number of halogens is 3. The molecule has 0 bridgehead atoms. The number of benzene rings is 1. The van der Waals surface area contributed by atoms with E-state index in [0.29, 0.717) is 44.7 Å². The number of alkyl halides is 3. The first-order valence-electron chi connectivity index (χ1n) is 9.35. The van der Waals surface area contributed by atoms with Gasteiger partial charge >= 0.3 is 12.2 Å². The molecule has 0 spiro atoms. The normalized spacial score (nSPS) is 17.8. The van der Waals surface area contributed by atoms with Crippen LogP contribution in [0.25, 0.3) is 0 Å². The maximum absolute atomic E-state index is 12.9. The maximum atomic E-state index is 12.9. The minimum Gasteiger partial charge on any atom is -0.352 e. The molecule has 0 radical (unpaired) electrons. The highest BCUT2D eigenvalue weighted by atomic mass is 19.4. The van der Waals surface area contributed by atoms with Crippen LogP contribution in [0.15, 0.2) is 24.3 Å². The zero-order chi connectivity index (χ0) is 20.9. The first-order chi connectivity index (χ1) is 13.1. The molecule has 0 unspecified atom stereocenters. The minimum atomic E-state index is -4.36. The highest BCUT2D eigenvalue weighted by Crippen LogP contribution is 2.29. The Morgan fingerprint density at radius 2 is 1.86 bits per heavy atom. The van der Waals surface area contributed by atoms with Gasteiger partial charge in [-0.15, -0.1) is 0 Å². The van der Waals surface area contributed by atoms with Crippen molar-refractivity contribution in [2.24, 2.45) is 11.7 Å². The van der Waals surface area contributed by atoms with Crippen LogP contribution in [0.4, 0.5) is 18.0 Å². The highest BCUT2D eigenvalue weighted by molar-refractivity contribution is 5.87. The van der Waals surface area contributed by atoms with Crippen molar-refractivity contribution in [1.29, 1.82) is 0 Å². The number of piperazine rings is 1. The Hall–Kier alpha value is -2.29. The number of carbonyl (C=O) groups excluding carboxylic acids is 2. The smallest absolute Gasteiger partial charge is 0.352 e. The predicted molar refractivity (Wildman–Crippen MR) is 99.3 cm³/mol. The number of hydrogen-bond donors (Lipinski definition) is 2. The summed E-state index contributed by atoms with van der Waals surface area (Å²) >= 11 is 0. The lowest BCUT2D eigenvalue weighted by molar-refractivity contribution is -0.138. The molecule has 1 heterocycles. The molecule has 1 aromatic rings. The molecule has 0 aliphatic carbocycles. The third kappa shape index (κ3) is 5.85. The molecule has 1 aromatic carbocycles. The molecule has 2 rings (SSSR count). The molecule has 0 saturated carbocycles. The molecule has 0 aromatic heterocycles. The van der Waals surface area contributed by atoms with Crippen LogP contribution in [0, 0.1) is 5.92 Å². The summed E-state index contributed by atoms with van der Waals surface area (Å²) in [6.45, 7) is 6.19. The van der Waals surface area contributed by atoms with Crippen LogP contribution in [0.5, 0.6) is 0 Å². The Balaban J connectivity index is 1.95. The van der Waals surface area contributed by atoms with Gasteiger partial charge in [-0.1, -0.05) is 38.5 Å². The lowest BCUT2D eigenvalue weighted by Gasteiger charge is -2.37. The SMILES string of the molecule is CC[C@H](C)[C@H](NC(N)=O)C(=O)N1CCN(Cc2cccc(C(F)(F)F)c2)CC1. The van der Waals surface area contributed by atoms with Crippen LogP contribution < -0.4 is 11.1 Å². The second-order valence-corrected chi connectivity index (χ2v) is 7.17. The summed E-state index contributed by atoms with van der Waals surface area (Å²) in [5.74, 6) is -0.227. The predicted octanol–water partition coefficient (Wildman–Crippen LogP) is 2.43. The van der Waals surface area contributed by atoms with Gasteiger partial charge in [0.2, 0.25) is 5.91 Å². The summed E-state index contributed by atoms with van der Waals surface area (Å²) in [6.07, 6.45) is -3.65. The van der Waals surface area contributed by atoms with E-state index in [0.717, 1.165) is 12.1 Å². The number of nitrogens with one attached hydrogen (secondary N) is 1. The van der Waals surface area contributed by atoms with Gasteiger partial charge in [-0.3, -0.25) is 9.69 Å². The van der Waals surface area contributed by atoms with Crippen molar-refractivity contribution in [3.63, 3.8) is 0 Å². The summed E-state index contributed by atoms with van der Waals surface area (Å²) in [5, 5.41) is 2.53. The standard InChI is InChI=1S/C19H27F3N4O2/c1-3-13(2)16(24-18(23)28)17(27)26-9-7-25(8-10-26)12-14-5-4-6-15(11-14)19(20,21)22/h4-6,11,13,16H,3,7-10,12H2,1-2H3,(H3,23,24,28)/t13-,16-/m0/s1. The Kier molecular flexibility index (Phi) is 7.29. The molecule has 6 nitrogen and oxygen atoms in total. The van der Waals surface area contributed by atoms with E-state index in [4.69, 9.17) is 5.73 Å². The van der Waals surface area contributed by atoms with Gasteiger partial charge in [0.25, 0.3) is 0 Å². The van der Waals surface area contributed by atoms with Crippen LogP contribution in [-0.4, -0.2) is 54.0 Å². The Morgan fingerprint density at radius 1 is 1.21 bits per heavy atom. The molecule has 28 heavy (non-hydrogen) atoms. The van der Waals surface area contributed by atoms with Gasteiger partial charge in [-0.05, 0) is 17.5 Å². The lowest BCUT2D eigenvalue weighted by Crippen LogP contribution is -2.57. The van der Waals surface area contributed by atoms with Crippen molar-refractivity contribution in [2.75, 3.05) is 26.2 Å². The van der Waals surface area contributed by atoms with Crippen molar-refractivity contribution in [2.45, 2.75) is 39.0 Å². The van der Waals surface area contributed by atoms with E-state index in [1.807, 2.05) is 18.7 Å². The molecule has 1 aliphatic heterocycles. The third-order valence-electron chi connectivity index (χ3n) is 5.12. The largest absolute Gasteiger partial charge is 0.416 e. The minimum absolute atomic E-state index is 0.0527. The van der Waals surface area contributed by atoms with Gasteiger partial charge < -0.3 is 16.0 Å². The Labute approximate surface area is 162 Å². The number of urea groups is 1. The molecule has 156 valence electrons. The first-order valence-corrected chi connectivity index (χ1v) is 9.35. The number of primary amides is 1. The van der Waals surface area contributed by atoms with Crippen LogP contribution in [-0.2, 0) is 17.5 Å². The lowest BCUT2D eigenvalue weighted by atomic mass is 9.97. The molecular weight excluding hydrogens is 373 g/mol. The number of nitrogens with two attached hydrogens (primary N) is 1. The zero-order valence-corrected chi connectivity index (χ0v) is 16.1. The molecule has 1 fully saturated rings. The van der Waals surface area contributed by atoms with Crippen molar-refractivity contribution in [3.8, 4) is 0 Å². The molecule has 3 amide bonds. The number of nitrogens with zero attached hydrogens (tertiary/aromatic N) is 2. The second kappa shape index (κ2) is 9.27. The summed E-state index contributed by atoms with van der Waals surface area (Å²) in [5.41, 5.74) is 5.12. The van der Waals surface area contributed by atoms with E-state index >= 15 is 0 Å². The van der Waals surface area contributed by atoms with E-state index in [1.54, 1.807) is 11.0 Å². The van der Waals surface area contributed by atoms with Crippen molar-refractivity contribution in [1.82, 2.24) is 15.1 Å². The van der Waals surface area contributed by atoms with E-state index in [-0.39, 0.29) is 11.8 Å². The highest BCUT2D eigenvalue weighted by Gasteiger charge is 2.32. The van der Waals surface area contributed by atoms with Crippen molar-refractivity contribution in [3.05, 3.63) is 35.4 Å². The van der Waals surface area contributed by atoms with E-state index in [1.165, 1.54) is 6.07 Å². The van der Waals surface area contributed by atoms with Crippen LogP contribution in [0.3, 0.4) is 0 Å². The van der Waals surface area contributed by atoms with Gasteiger partial charge in [-0.25, -0.2) is 4.79 Å². The zero-order valence-electron chi connectivity index (χ0n) is 16.1. The van der Waals surface area contributed by atoms with Gasteiger partial charge in [0.05, 0.1) is 5.56 Å². The third-order valence-corrected chi connectivity index (χ3v) is 5.12. The van der Waals surface area contributed by atoms with E-state index in [9.17, 15) is 22.8 Å². The second-order valence-electron chi connectivity index (χ2n) is 7.17. The fourth-order valence-electron chi connectivity index (χ4n) is 3.26. The van der Waals surface area contributed by atoms with E-state index < -0.39 is 23.8 Å². The van der Waals surface area contributed by atoms with Gasteiger partial charge in [0, 0.05) is 32.7 Å². The fraction of sp³-hybridized carbons (Fsp3) is 0.579. The molecule has 1 saturated heterocycles. The summed E-state index contributed by atoms with van der Waals surface area (Å²) in [6, 6.07) is 3.89. The average Bonchev–Trinajstić information content (AvgIpc) is 2.65. The number of rotatable bonds is 6. The monoisotopic (exact) mass is 400 g/mol. The summed E-state index contributed by atoms with van der Waals surface area (Å²) in [4.78, 5) is 27.7. The van der Waals surface area contributed by atoms with E-state index in [2.05, 4.69) is 5.32 Å². The topological polar surface area (TPSA) is 78.7 Å². The van der Waals surface area contributed by atoms with Gasteiger partial charge in [-0.2, -0.15) is 13.2 Å². The fourth-order valence-corrected chi connectivity index (χ4v) is 3.26. The number of carbonyl (C=O) groups is 2. The molecule has 1 aliphatic rings.